The molecule has 2 aromatic carbocycles. The molecule has 0 unspecified atom stereocenters. The molecule has 30 heavy (non-hydrogen) atoms. The molecule has 1 N–H and O–H groups in total. The number of H-pyrrole nitrogens is 1. The predicted molar refractivity (Wildman–Crippen MR) is 110 cm³/mol. The van der Waals surface area contributed by atoms with E-state index in [-0.39, 0.29) is 5.78 Å². The van der Waals surface area contributed by atoms with Gasteiger partial charge >= 0.3 is 0 Å². The molecule has 0 aliphatic rings. The molecule has 0 atom stereocenters. The summed E-state index contributed by atoms with van der Waals surface area (Å²) in [6.07, 6.45) is 3.19. The SMILES string of the molecule is COc1ccc2c(C(=O)c3cc(OC)c(OC)c(OC)c3)c(-c3c[nH]cn3)oc2c1. The number of nitrogens with one attached hydrogen (secondary N) is 1. The highest BCUT2D eigenvalue weighted by molar-refractivity contribution is 6.19. The van der Waals surface area contributed by atoms with Crippen LogP contribution in [0.4, 0.5) is 0 Å². The van der Waals surface area contributed by atoms with Gasteiger partial charge in [-0.05, 0) is 24.3 Å². The van der Waals surface area contributed by atoms with Crippen LogP contribution in [0.2, 0.25) is 0 Å². The number of ether oxygens (including phenoxy) is 4. The number of fused-ring (bicyclic) bond motifs is 1. The number of benzene rings is 2. The molecule has 0 bridgehead atoms. The molecule has 0 amide bonds. The molecule has 4 rings (SSSR count). The quantitative estimate of drug-likeness (QED) is 0.460. The van der Waals surface area contributed by atoms with Crippen LogP contribution >= 0.6 is 0 Å². The van der Waals surface area contributed by atoms with Crippen molar-refractivity contribution in [1.82, 2.24) is 9.97 Å². The summed E-state index contributed by atoms with van der Waals surface area (Å²) < 4.78 is 27.4. The number of aromatic amines is 1. The van der Waals surface area contributed by atoms with Gasteiger partial charge in [0.15, 0.2) is 23.0 Å². The molecular weight excluding hydrogens is 388 g/mol. The van der Waals surface area contributed by atoms with Gasteiger partial charge in [-0.25, -0.2) is 4.98 Å². The Labute approximate surface area is 172 Å². The van der Waals surface area contributed by atoms with Crippen molar-refractivity contribution in [2.24, 2.45) is 0 Å². The number of rotatable bonds is 7. The molecule has 8 nitrogen and oxygen atoms in total. The summed E-state index contributed by atoms with van der Waals surface area (Å²) in [7, 11) is 6.08. The largest absolute Gasteiger partial charge is 0.497 e. The van der Waals surface area contributed by atoms with Crippen LogP contribution in [0.15, 0.2) is 47.3 Å². The first-order valence-corrected chi connectivity index (χ1v) is 9.05. The zero-order valence-corrected chi connectivity index (χ0v) is 16.9. The zero-order valence-electron chi connectivity index (χ0n) is 16.9. The highest BCUT2D eigenvalue weighted by atomic mass is 16.5. The van der Waals surface area contributed by atoms with E-state index in [0.29, 0.717) is 56.5 Å². The van der Waals surface area contributed by atoms with Crippen LogP contribution in [0.1, 0.15) is 15.9 Å². The Morgan fingerprint density at radius 2 is 1.70 bits per heavy atom. The second-order valence-corrected chi connectivity index (χ2v) is 6.37. The van der Waals surface area contributed by atoms with E-state index in [1.54, 1.807) is 43.6 Å². The Hall–Kier alpha value is -3.94. The standard InChI is InChI=1S/C22H20N2O6/c1-26-13-5-6-14-16(9-13)30-21(15-10-23-11-24-15)19(14)20(25)12-7-17(27-2)22(29-4)18(8-12)28-3/h5-11H,1-4H3,(H,23,24). The van der Waals surface area contributed by atoms with Crippen LogP contribution in [0.5, 0.6) is 23.0 Å². The molecule has 2 heterocycles. The number of ketones is 1. The van der Waals surface area contributed by atoms with E-state index >= 15 is 0 Å². The number of hydrogen-bond acceptors (Lipinski definition) is 7. The molecular formula is C22H20N2O6. The first-order valence-electron chi connectivity index (χ1n) is 9.05. The Morgan fingerprint density at radius 1 is 0.967 bits per heavy atom. The highest BCUT2D eigenvalue weighted by Gasteiger charge is 2.26. The molecule has 0 spiro atoms. The van der Waals surface area contributed by atoms with E-state index in [1.807, 2.05) is 0 Å². The lowest BCUT2D eigenvalue weighted by Crippen LogP contribution is -2.05. The van der Waals surface area contributed by atoms with Gasteiger partial charge in [-0.1, -0.05) is 0 Å². The molecule has 8 heteroatoms. The van der Waals surface area contributed by atoms with E-state index in [0.717, 1.165) is 0 Å². The minimum atomic E-state index is -0.267. The first kappa shape index (κ1) is 19.4. The van der Waals surface area contributed by atoms with Crippen LogP contribution in [-0.2, 0) is 0 Å². The number of furan rings is 1. The number of hydrogen-bond donors (Lipinski definition) is 1. The molecule has 0 saturated carbocycles. The van der Waals surface area contributed by atoms with Gasteiger partial charge < -0.3 is 28.3 Å². The summed E-state index contributed by atoms with van der Waals surface area (Å²) in [6.45, 7) is 0. The Kier molecular flexibility index (Phi) is 5.05. The van der Waals surface area contributed by atoms with Crippen molar-refractivity contribution in [1.29, 1.82) is 0 Å². The summed E-state index contributed by atoms with van der Waals surface area (Å²) in [4.78, 5) is 20.8. The minimum Gasteiger partial charge on any atom is -0.497 e. The lowest BCUT2D eigenvalue weighted by atomic mass is 9.98. The van der Waals surface area contributed by atoms with Crippen molar-refractivity contribution in [3.8, 4) is 34.5 Å². The average molecular weight is 408 g/mol. The number of methoxy groups -OCH3 is 4. The third-order valence-electron chi connectivity index (χ3n) is 4.78. The van der Waals surface area contributed by atoms with Gasteiger partial charge in [0.2, 0.25) is 5.75 Å². The van der Waals surface area contributed by atoms with Crippen molar-refractivity contribution in [3.05, 3.63) is 54.0 Å². The lowest BCUT2D eigenvalue weighted by molar-refractivity contribution is 0.103. The van der Waals surface area contributed by atoms with Crippen LogP contribution < -0.4 is 18.9 Å². The first-order chi connectivity index (χ1) is 14.6. The molecule has 154 valence electrons. The van der Waals surface area contributed by atoms with Crippen molar-refractivity contribution >= 4 is 16.8 Å². The zero-order chi connectivity index (χ0) is 21.3. The molecule has 0 aliphatic heterocycles. The predicted octanol–water partition coefficient (Wildman–Crippen LogP) is 4.09. The maximum absolute atomic E-state index is 13.6. The van der Waals surface area contributed by atoms with Crippen LogP contribution in [0.3, 0.4) is 0 Å². The maximum atomic E-state index is 13.6. The normalized spacial score (nSPS) is 10.8. The highest BCUT2D eigenvalue weighted by Crippen LogP contribution is 2.41. The van der Waals surface area contributed by atoms with Gasteiger partial charge in [0, 0.05) is 23.2 Å². The summed E-state index contributed by atoms with van der Waals surface area (Å²) >= 11 is 0. The maximum Gasteiger partial charge on any atom is 0.203 e. The number of carbonyl (C=O) groups is 1. The number of nitrogens with zero attached hydrogens (tertiary/aromatic N) is 1. The number of aromatic nitrogens is 2. The van der Waals surface area contributed by atoms with Crippen molar-refractivity contribution in [2.75, 3.05) is 28.4 Å². The molecule has 0 saturated heterocycles. The fraction of sp³-hybridized carbons (Fsp3) is 0.182. The van der Waals surface area contributed by atoms with E-state index in [9.17, 15) is 4.79 Å². The monoisotopic (exact) mass is 408 g/mol. The number of imidazole rings is 1. The molecule has 2 aromatic heterocycles. The molecule has 4 aromatic rings. The Bertz CT molecular complexity index is 1190. The van der Waals surface area contributed by atoms with Crippen LogP contribution in [-0.4, -0.2) is 44.2 Å². The van der Waals surface area contributed by atoms with Gasteiger partial charge in [0.05, 0.1) is 40.3 Å². The summed E-state index contributed by atoms with van der Waals surface area (Å²) in [5.41, 5.74) is 1.78. The molecule has 0 radical (unpaired) electrons. The van der Waals surface area contributed by atoms with Crippen LogP contribution in [0.25, 0.3) is 22.4 Å². The van der Waals surface area contributed by atoms with E-state index in [1.165, 1.54) is 27.7 Å². The van der Waals surface area contributed by atoms with Gasteiger partial charge in [0.25, 0.3) is 0 Å². The Morgan fingerprint density at radius 3 is 2.27 bits per heavy atom. The fourth-order valence-corrected chi connectivity index (χ4v) is 3.35. The van der Waals surface area contributed by atoms with Gasteiger partial charge in [-0.2, -0.15) is 0 Å². The smallest absolute Gasteiger partial charge is 0.203 e. The third-order valence-corrected chi connectivity index (χ3v) is 4.78. The Balaban J connectivity index is 1.94. The molecule has 0 fully saturated rings. The van der Waals surface area contributed by atoms with E-state index < -0.39 is 0 Å². The lowest BCUT2D eigenvalue weighted by Gasteiger charge is -2.13. The summed E-state index contributed by atoms with van der Waals surface area (Å²) in [5, 5.41) is 0.646. The second-order valence-electron chi connectivity index (χ2n) is 6.37. The fourth-order valence-electron chi connectivity index (χ4n) is 3.35. The van der Waals surface area contributed by atoms with Gasteiger partial charge in [-0.3, -0.25) is 4.79 Å². The van der Waals surface area contributed by atoms with Crippen LogP contribution in [0, 0.1) is 0 Å². The molecule has 0 aliphatic carbocycles. The average Bonchev–Trinajstić information content (AvgIpc) is 3.44. The van der Waals surface area contributed by atoms with Gasteiger partial charge in [-0.15, -0.1) is 0 Å². The second kappa shape index (κ2) is 7.82. The van der Waals surface area contributed by atoms with Crippen molar-refractivity contribution < 1.29 is 28.2 Å². The summed E-state index contributed by atoms with van der Waals surface area (Å²) in [5.74, 6) is 1.89. The van der Waals surface area contributed by atoms with Crippen molar-refractivity contribution in [3.63, 3.8) is 0 Å². The minimum absolute atomic E-state index is 0.267. The summed E-state index contributed by atoms with van der Waals surface area (Å²) in [6, 6.07) is 8.52. The third kappa shape index (κ3) is 3.12. The van der Waals surface area contributed by atoms with Gasteiger partial charge in [0.1, 0.15) is 17.0 Å². The number of carbonyl (C=O) groups excluding carboxylic acids is 1. The van der Waals surface area contributed by atoms with E-state index in [2.05, 4.69) is 9.97 Å². The van der Waals surface area contributed by atoms with Crippen molar-refractivity contribution in [2.45, 2.75) is 0 Å². The van der Waals surface area contributed by atoms with E-state index in [4.69, 9.17) is 23.4 Å². The topological polar surface area (TPSA) is 95.8 Å².